The van der Waals surface area contributed by atoms with E-state index in [2.05, 4.69) is 31.8 Å². The maximum absolute atomic E-state index is 12.8. The Labute approximate surface area is 227 Å². The Morgan fingerprint density at radius 2 is 1.32 bits per heavy atom. The number of alkyl halides is 6. The molecule has 2 N–H and O–H groups in total. The highest BCUT2D eigenvalue weighted by atomic mass is 19.4. The van der Waals surface area contributed by atoms with E-state index < -0.39 is 24.3 Å². The third-order valence-corrected chi connectivity index (χ3v) is 7.02. The van der Waals surface area contributed by atoms with Crippen LogP contribution >= 0.6 is 0 Å². The molecule has 0 aromatic carbocycles. The number of carboxylic acid groups (broad SMARTS) is 2. The largest absolute Gasteiger partial charge is 0.490 e. The summed E-state index contributed by atoms with van der Waals surface area (Å²) in [5.41, 5.74) is 1.39. The molecule has 4 rings (SSSR count). The van der Waals surface area contributed by atoms with Crippen molar-refractivity contribution in [2.75, 3.05) is 39.3 Å². The summed E-state index contributed by atoms with van der Waals surface area (Å²) in [5.74, 6) is -5.12. The van der Waals surface area contributed by atoms with Crippen LogP contribution in [0.25, 0.3) is 0 Å². The van der Waals surface area contributed by atoms with E-state index in [0.717, 1.165) is 45.6 Å². The molecule has 1 atom stereocenters. The fourth-order valence-electron chi connectivity index (χ4n) is 5.22. The van der Waals surface area contributed by atoms with Crippen LogP contribution in [0.1, 0.15) is 50.5 Å². The van der Waals surface area contributed by atoms with Gasteiger partial charge in [0.2, 0.25) is 5.91 Å². The van der Waals surface area contributed by atoms with E-state index in [1.807, 2.05) is 12.4 Å². The van der Waals surface area contributed by atoms with E-state index in [1.54, 1.807) is 0 Å². The van der Waals surface area contributed by atoms with Crippen molar-refractivity contribution in [3.63, 3.8) is 0 Å². The van der Waals surface area contributed by atoms with Gasteiger partial charge < -0.3 is 20.0 Å². The Hall–Kier alpha value is -2.94. The second kappa shape index (κ2) is 14.6. The van der Waals surface area contributed by atoms with Crippen LogP contribution < -0.4 is 0 Å². The number of aromatic nitrogens is 1. The summed E-state index contributed by atoms with van der Waals surface area (Å²) in [6, 6.07) is 4.22. The molecule has 3 saturated heterocycles. The minimum Gasteiger partial charge on any atom is -0.475 e. The molecule has 1 amide bonds. The minimum atomic E-state index is -5.08. The molecule has 3 aliphatic rings. The zero-order valence-corrected chi connectivity index (χ0v) is 21.9. The molecule has 226 valence electrons. The first-order valence-corrected chi connectivity index (χ1v) is 12.9. The third kappa shape index (κ3) is 10.6. The van der Waals surface area contributed by atoms with Crippen LogP contribution in [-0.2, 0) is 20.9 Å². The molecule has 0 saturated carbocycles. The van der Waals surface area contributed by atoms with Crippen molar-refractivity contribution >= 4 is 17.8 Å². The molecule has 0 aliphatic carbocycles. The maximum Gasteiger partial charge on any atom is 0.490 e. The van der Waals surface area contributed by atoms with E-state index in [4.69, 9.17) is 19.8 Å². The number of carbonyl (C=O) groups is 3. The molecule has 1 aromatic rings. The standard InChI is InChI=1S/C21H32N4O.2C2HF3O2/c26-20-5-3-8-21(25(20)16-15-23-12-1-2-13-23)9-4-14-24(18-21)17-19-6-10-22-11-7-19;2*3-2(4,5)1(6)7/h6-7,10-11H,1-5,8-9,12-18H2;2*(H,6,7). The van der Waals surface area contributed by atoms with Crippen LogP contribution in [0, 0.1) is 0 Å². The molecule has 1 aromatic heterocycles. The lowest BCUT2D eigenvalue weighted by molar-refractivity contribution is -0.193. The second-order valence-corrected chi connectivity index (χ2v) is 9.95. The van der Waals surface area contributed by atoms with Crippen molar-refractivity contribution in [2.45, 2.75) is 69.4 Å². The van der Waals surface area contributed by atoms with Gasteiger partial charge in [-0.3, -0.25) is 14.7 Å². The fraction of sp³-hybridized carbons (Fsp3) is 0.680. The zero-order valence-electron chi connectivity index (χ0n) is 21.9. The molecule has 1 unspecified atom stereocenters. The van der Waals surface area contributed by atoms with E-state index in [-0.39, 0.29) is 5.54 Å². The number of nitrogens with zero attached hydrogens (tertiary/aromatic N) is 4. The molecule has 1 spiro atoms. The molecule has 3 fully saturated rings. The van der Waals surface area contributed by atoms with Gasteiger partial charge in [-0.05, 0) is 75.9 Å². The van der Waals surface area contributed by atoms with Gasteiger partial charge in [-0.1, -0.05) is 0 Å². The highest BCUT2D eigenvalue weighted by Crippen LogP contribution is 2.37. The number of amides is 1. The molecule has 3 aliphatic heterocycles. The lowest BCUT2D eigenvalue weighted by Gasteiger charge is -2.52. The fourth-order valence-corrected chi connectivity index (χ4v) is 5.22. The van der Waals surface area contributed by atoms with Crippen LogP contribution in [0.3, 0.4) is 0 Å². The summed E-state index contributed by atoms with van der Waals surface area (Å²) in [7, 11) is 0. The number of halogens is 6. The molecule has 40 heavy (non-hydrogen) atoms. The first-order valence-electron chi connectivity index (χ1n) is 12.9. The smallest absolute Gasteiger partial charge is 0.475 e. The molecule has 0 bridgehead atoms. The number of aliphatic carboxylic acids is 2. The zero-order chi connectivity index (χ0) is 30.0. The van der Waals surface area contributed by atoms with Gasteiger partial charge in [-0.15, -0.1) is 0 Å². The molecule has 15 heteroatoms. The Morgan fingerprint density at radius 1 is 0.825 bits per heavy atom. The second-order valence-electron chi connectivity index (χ2n) is 9.95. The van der Waals surface area contributed by atoms with Gasteiger partial charge in [0.05, 0.1) is 5.54 Å². The highest BCUT2D eigenvalue weighted by Gasteiger charge is 2.45. The number of carbonyl (C=O) groups excluding carboxylic acids is 1. The molecular formula is C25H34F6N4O5. The summed E-state index contributed by atoms with van der Waals surface area (Å²) >= 11 is 0. The van der Waals surface area contributed by atoms with Crippen LogP contribution in [0.5, 0.6) is 0 Å². The molecule has 4 heterocycles. The summed E-state index contributed by atoms with van der Waals surface area (Å²) in [4.78, 5) is 42.1. The van der Waals surface area contributed by atoms with Crippen molar-refractivity contribution in [2.24, 2.45) is 0 Å². The van der Waals surface area contributed by atoms with E-state index in [1.165, 1.54) is 50.8 Å². The summed E-state index contributed by atoms with van der Waals surface area (Å²) in [5, 5.41) is 14.2. The normalized spacial score (nSPS) is 22.2. The predicted octanol–water partition coefficient (Wildman–Crippen LogP) is 3.79. The van der Waals surface area contributed by atoms with Crippen molar-refractivity contribution in [1.82, 2.24) is 19.7 Å². The van der Waals surface area contributed by atoms with E-state index >= 15 is 0 Å². The predicted molar refractivity (Wildman–Crippen MR) is 130 cm³/mol. The number of likely N-dealkylation sites (tertiary alicyclic amines) is 3. The number of hydrogen-bond donors (Lipinski definition) is 2. The van der Waals surface area contributed by atoms with Gasteiger partial charge in [0.15, 0.2) is 0 Å². The summed E-state index contributed by atoms with van der Waals surface area (Å²) in [6.07, 6.45) is 1.56. The summed E-state index contributed by atoms with van der Waals surface area (Å²) in [6.45, 7) is 7.53. The molecule has 0 radical (unpaired) electrons. The van der Waals surface area contributed by atoms with Crippen LogP contribution in [0.4, 0.5) is 26.3 Å². The van der Waals surface area contributed by atoms with E-state index in [0.29, 0.717) is 5.91 Å². The molecule has 9 nitrogen and oxygen atoms in total. The number of pyridine rings is 1. The number of carboxylic acids is 2. The van der Waals surface area contributed by atoms with E-state index in [9.17, 15) is 31.1 Å². The van der Waals surface area contributed by atoms with Crippen molar-refractivity contribution < 1.29 is 50.9 Å². The quantitative estimate of drug-likeness (QED) is 0.503. The van der Waals surface area contributed by atoms with Crippen molar-refractivity contribution in [3.05, 3.63) is 30.1 Å². The van der Waals surface area contributed by atoms with Crippen LogP contribution in [0.15, 0.2) is 24.5 Å². The van der Waals surface area contributed by atoms with Crippen LogP contribution in [-0.4, -0.2) is 105 Å². The van der Waals surface area contributed by atoms with Gasteiger partial charge in [0.25, 0.3) is 0 Å². The minimum absolute atomic E-state index is 0.0698. The van der Waals surface area contributed by atoms with Crippen LogP contribution in [0.2, 0.25) is 0 Å². The lowest BCUT2D eigenvalue weighted by Crippen LogP contribution is -2.63. The summed E-state index contributed by atoms with van der Waals surface area (Å²) < 4.78 is 63.5. The van der Waals surface area contributed by atoms with Gasteiger partial charge >= 0.3 is 24.3 Å². The third-order valence-electron chi connectivity index (χ3n) is 7.02. The average molecular weight is 585 g/mol. The Balaban J connectivity index is 0.000000333. The maximum atomic E-state index is 12.8. The van der Waals surface area contributed by atoms with Gasteiger partial charge in [-0.25, -0.2) is 9.59 Å². The Bertz CT molecular complexity index is 945. The Morgan fingerprint density at radius 3 is 1.85 bits per heavy atom. The molecular weight excluding hydrogens is 550 g/mol. The number of hydrogen-bond acceptors (Lipinski definition) is 6. The lowest BCUT2D eigenvalue weighted by atomic mass is 9.79. The average Bonchev–Trinajstić information content (AvgIpc) is 3.38. The monoisotopic (exact) mass is 584 g/mol. The van der Waals surface area contributed by atoms with Gasteiger partial charge in [0.1, 0.15) is 0 Å². The van der Waals surface area contributed by atoms with Gasteiger partial charge in [0, 0.05) is 45.0 Å². The first-order chi connectivity index (χ1) is 18.6. The number of rotatable bonds is 5. The SMILES string of the molecule is O=C(O)C(F)(F)F.O=C(O)C(F)(F)F.O=C1CCCC2(CCCN(Cc3ccncc3)C2)N1CCN1CCCC1. The van der Waals surface area contributed by atoms with Crippen molar-refractivity contribution in [1.29, 1.82) is 0 Å². The van der Waals surface area contributed by atoms with Gasteiger partial charge in [-0.2, -0.15) is 26.3 Å². The van der Waals surface area contributed by atoms with Crippen molar-refractivity contribution in [3.8, 4) is 0 Å². The highest BCUT2D eigenvalue weighted by molar-refractivity contribution is 5.78. The first kappa shape index (κ1) is 33.3. The topological polar surface area (TPSA) is 114 Å². The number of piperidine rings is 2. The Kier molecular flexibility index (Phi) is 12.2.